The predicted molar refractivity (Wildman–Crippen MR) is 112 cm³/mol. The summed E-state index contributed by atoms with van der Waals surface area (Å²) >= 11 is 0. The second-order valence-electron chi connectivity index (χ2n) is 7.30. The Morgan fingerprint density at radius 2 is 2.23 bits per heavy atom. The van der Waals surface area contributed by atoms with Gasteiger partial charge in [-0.2, -0.15) is 9.57 Å². The van der Waals surface area contributed by atoms with Crippen LogP contribution >= 0.6 is 0 Å². The maximum absolute atomic E-state index is 12.7. The first-order valence-corrected chi connectivity index (χ1v) is 11.4. The Morgan fingerprint density at radius 3 is 2.80 bits per heavy atom. The van der Waals surface area contributed by atoms with Gasteiger partial charge in [-0.05, 0) is 38.3 Å². The topological polar surface area (TPSA) is 130 Å². The number of carbonyl (C=O) groups excluding carboxylic acids is 1. The minimum atomic E-state index is -3.73. The van der Waals surface area contributed by atoms with E-state index in [2.05, 4.69) is 16.5 Å². The average molecular weight is 439 g/mol. The number of anilines is 1. The number of hydrogen-bond acceptors (Lipinski definition) is 8. The van der Waals surface area contributed by atoms with Crippen molar-refractivity contribution in [3.8, 4) is 6.07 Å². The molecular weight excluding hydrogens is 408 g/mol. The first kappa shape index (κ1) is 24.0. The van der Waals surface area contributed by atoms with Crippen LogP contribution in [0.4, 0.5) is 5.82 Å². The molecule has 0 radical (unpaired) electrons. The highest BCUT2D eigenvalue weighted by Crippen LogP contribution is 2.19. The SMILES string of the molecule is CC[C@H](C)N(CC(=O)N1CCCC1C#N)Nc1ccc(S(=O)(=O)N(C)CCO)cn1. The lowest BCUT2D eigenvalue weighted by Gasteiger charge is -2.31. The van der Waals surface area contributed by atoms with E-state index < -0.39 is 10.0 Å². The van der Waals surface area contributed by atoms with Crippen LogP contribution in [0, 0.1) is 11.3 Å². The number of aliphatic hydroxyl groups excluding tert-OH is 1. The molecular formula is C19H30N6O4S. The Labute approximate surface area is 178 Å². The van der Waals surface area contributed by atoms with Crippen LogP contribution < -0.4 is 5.43 Å². The van der Waals surface area contributed by atoms with Crippen LogP contribution in [0.5, 0.6) is 0 Å². The minimum Gasteiger partial charge on any atom is -0.395 e. The number of hydrazine groups is 1. The molecule has 0 saturated carbocycles. The summed E-state index contributed by atoms with van der Waals surface area (Å²) in [6, 6.07) is 4.78. The minimum absolute atomic E-state index is 0.00751. The summed E-state index contributed by atoms with van der Waals surface area (Å²) in [6.07, 6.45) is 3.54. The Balaban J connectivity index is 2.11. The lowest BCUT2D eigenvalue weighted by Crippen LogP contribution is -2.47. The van der Waals surface area contributed by atoms with E-state index in [1.165, 1.54) is 25.4 Å². The molecule has 1 aliphatic heterocycles. The number of nitriles is 1. The van der Waals surface area contributed by atoms with E-state index in [9.17, 15) is 18.5 Å². The van der Waals surface area contributed by atoms with Crippen molar-refractivity contribution in [1.29, 1.82) is 5.26 Å². The van der Waals surface area contributed by atoms with E-state index >= 15 is 0 Å². The van der Waals surface area contributed by atoms with E-state index in [1.54, 1.807) is 9.91 Å². The molecule has 0 spiro atoms. The fourth-order valence-corrected chi connectivity index (χ4v) is 4.26. The van der Waals surface area contributed by atoms with Crippen molar-refractivity contribution in [2.75, 3.05) is 38.7 Å². The second kappa shape index (κ2) is 10.7. The standard InChI is InChI=1S/C19H30N6O4S/c1-4-15(2)25(14-19(27)24-9-5-6-16(24)12-20)22-18-8-7-17(13-21-18)30(28,29)23(3)10-11-26/h7-8,13,15-16,26H,4-6,9-11,14H2,1-3H3,(H,21,22)/t15-,16?/m0/s1. The van der Waals surface area contributed by atoms with Gasteiger partial charge in [0.15, 0.2) is 0 Å². The summed E-state index contributed by atoms with van der Waals surface area (Å²) in [5.41, 5.74) is 3.09. The fourth-order valence-electron chi connectivity index (χ4n) is 3.15. The molecule has 2 N–H and O–H groups in total. The van der Waals surface area contributed by atoms with Gasteiger partial charge in [-0.3, -0.25) is 4.79 Å². The lowest BCUT2D eigenvalue weighted by atomic mass is 10.2. The van der Waals surface area contributed by atoms with Crippen LogP contribution in [0.2, 0.25) is 0 Å². The molecule has 0 aliphatic carbocycles. The third-order valence-electron chi connectivity index (χ3n) is 5.27. The van der Waals surface area contributed by atoms with Crippen molar-refractivity contribution in [3.05, 3.63) is 18.3 Å². The van der Waals surface area contributed by atoms with Crippen molar-refractivity contribution >= 4 is 21.7 Å². The summed E-state index contributed by atoms with van der Waals surface area (Å²) in [4.78, 5) is 18.5. The number of likely N-dealkylation sites (N-methyl/N-ethyl adjacent to an activating group) is 1. The average Bonchev–Trinajstić information content (AvgIpc) is 3.22. The highest BCUT2D eigenvalue weighted by atomic mass is 32.2. The third kappa shape index (κ3) is 5.66. The highest BCUT2D eigenvalue weighted by molar-refractivity contribution is 7.89. The number of hydrogen-bond donors (Lipinski definition) is 2. The highest BCUT2D eigenvalue weighted by Gasteiger charge is 2.30. The van der Waals surface area contributed by atoms with Gasteiger partial charge < -0.3 is 15.4 Å². The number of nitrogens with one attached hydrogen (secondary N) is 1. The molecule has 1 aromatic rings. The molecule has 1 saturated heterocycles. The molecule has 0 bridgehead atoms. The second-order valence-corrected chi connectivity index (χ2v) is 9.35. The van der Waals surface area contributed by atoms with E-state index in [0.29, 0.717) is 18.8 Å². The van der Waals surface area contributed by atoms with Gasteiger partial charge in [0, 0.05) is 32.4 Å². The quantitative estimate of drug-likeness (QED) is 0.509. The van der Waals surface area contributed by atoms with Crippen LogP contribution in [0.25, 0.3) is 0 Å². The van der Waals surface area contributed by atoms with Crippen LogP contribution in [-0.4, -0.2) is 84.0 Å². The monoisotopic (exact) mass is 438 g/mol. The summed E-state index contributed by atoms with van der Waals surface area (Å²) < 4.78 is 25.9. The number of amides is 1. The number of sulfonamides is 1. The third-order valence-corrected chi connectivity index (χ3v) is 7.11. The molecule has 2 atom stereocenters. The molecule has 1 unspecified atom stereocenters. The zero-order valence-electron chi connectivity index (χ0n) is 17.7. The number of pyridine rings is 1. The number of rotatable bonds is 10. The maximum atomic E-state index is 12.7. The van der Waals surface area contributed by atoms with Crippen molar-refractivity contribution in [2.24, 2.45) is 0 Å². The van der Waals surface area contributed by atoms with Gasteiger partial charge in [-0.1, -0.05) is 6.92 Å². The van der Waals surface area contributed by atoms with Gasteiger partial charge in [-0.15, -0.1) is 0 Å². The maximum Gasteiger partial charge on any atom is 0.244 e. The number of likely N-dealkylation sites (tertiary alicyclic amines) is 1. The smallest absolute Gasteiger partial charge is 0.244 e. The number of carbonyl (C=O) groups is 1. The molecule has 1 amide bonds. The summed E-state index contributed by atoms with van der Waals surface area (Å²) in [5.74, 6) is 0.279. The Morgan fingerprint density at radius 1 is 1.50 bits per heavy atom. The predicted octanol–water partition coefficient (Wildman–Crippen LogP) is 0.636. The van der Waals surface area contributed by atoms with Gasteiger partial charge in [0.25, 0.3) is 0 Å². The van der Waals surface area contributed by atoms with Crippen molar-refractivity contribution < 1.29 is 18.3 Å². The Kier molecular flexibility index (Phi) is 8.54. The van der Waals surface area contributed by atoms with Crippen molar-refractivity contribution in [3.63, 3.8) is 0 Å². The van der Waals surface area contributed by atoms with Gasteiger partial charge >= 0.3 is 0 Å². The van der Waals surface area contributed by atoms with Gasteiger partial charge in [0.05, 0.1) is 19.2 Å². The fraction of sp³-hybridized carbons (Fsp3) is 0.632. The first-order valence-electron chi connectivity index (χ1n) is 10.00. The zero-order chi connectivity index (χ0) is 22.3. The van der Waals surface area contributed by atoms with Gasteiger partial charge in [-0.25, -0.2) is 18.4 Å². The molecule has 10 nitrogen and oxygen atoms in total. The lowest BCUT2D eigenvalue weighted by molar-refractivity contribution is -0.132. The first-order chi connectivity index (χ1) is 14.2. The van der Waals surface area contributed by atoms with E-state index in [1.807, 2.05) is 13.8 Å². The molecule has 0 aromatic carbocycles. The van der Waals surface area contributed by atoms with E-state index in [0.717, 1.165) is 17.1 Å². The normalized spacial score (nSPS) is 17.9. The van der Waals surface area contributed by atoms with E-state index in [-0.39, 0.29) is 42.6 Å². The molecule has 11 heteroatoms. The summed E-state index contributed by atoms with van der Waals surface area (Å²) in [7, 11) is -2.34. The van der Waals surface area contributed by atoms with Crippen LogP contribution in [0.1, 0.15) is 33.1 Å². The number of aromatic nitrogens is 1. The Hall–Kier alpha value is -2.26. The van der Waals surface area contributed by atoms with E-state index in [4.69, 9.17) is 5.11 Å². The Bertz CT molecular complexity index is 855. The molecule has 2 rings (SSSR count). The molecule has 2 heterocycles. The molecule has 1 aliphatic rings. The van der Waals surface area contributed by atoms with Crippen LogP contribution in [0.3, 0.4) is 0 Å². The molecule has 1 fully saturated rings. The van der Waals surface area contributed by atoms with Crippen LogP contribution in [-0.2, 0) is 14.8 Å². The summed E-state index contributed by atoms with van der Waals surface area (Å²) in [5, 5.41) is 19.9. The molecule has 30 heavy (non-hydrogen) atoms. The zero-order valence-corrected chi connectivity index (χ0v) is 18.5. The van der Waals surface area contributed by atoms with Crippen LogP contribution in [0.15, 0.2) is 23.2 Å². The van der Waals surface area contributed by atoms with Crippen molar-refractivity contribution in [1.82, 2.24) is 19.2 Å². The summed E-state index contributed by atoms with van der Waals surface area (Å²) in [6.45, 7) is 4.34. The van der Waals surface area contributed by atoms with Crippen molar-refractivity contribution in [2.45, 2.75) is 50.1 Å². The number of aliphatic hydroxyl groups is 1. The molecule has 166 valence electrons. The van der Waals surface area contributed by atoms with Gasteiger partial charge in [0.2, 0.25) is 15.9 Å². The van der Waals surface area contributed by atoms with Gasteiger partial charge in [0.1, 0.15) is 16.8 Å². The molecule has 1 aromatic heterocycles. The largest absolute Gasteiger partial charge is 0.395 e. The number of nitrogens with zero attached hydrogens (tertiary/aromatic N) is 5.